The Bertz CT molecular complexity index is 1110. The van der Waals surface area contributed by atoms with Crippen LogP contribution >= 0.6 is 11.6 Å². The van der Waals surface area contributed by atoms with Crippen LogP contribution in [0.25, 0.3) is 0 Å². The van der Waals surface area contributed by atoms with Gasteiger partial charge >= 0.3 is 0 Å². The fourth-order valence-electron chi connectivity index (χ4n) is 3.91. The summed E-state index contributed by atoms with van der Waals surface area (Å²) in [5, 5.41) is 0.670. The summed E-state index contributed by atoms with van der Waals surface area (Å²) < 4.78 is 27.7. The van der Waals surface area contributed by atoms with Crippen LogP contribution in [0.1, 0.15) is 22.3 Å². The first-order valence-corrected chi connectivity index (χ1v) is 9.61. The lowest BCUT2D eigenvalue weighted by atomic mass is 9.91. The zero-order valence-corrected chi connectivity index (χ0v) is 15.9. The topological polar surface area (TPSA) is 21.5 Å². The summed E-state index contributed by atoms with van der Waals surface area (Å²) in [4.78, 5) is 0. The highest BCUT2D eigenvalue weighted by molar-refractivity contribution is 6.31. The van der Waals surface area contributed by atoms with Gasteiger partial charge in [-0.2, -0.15) is 0 Å². The summed E-state index contributed by atoms with van der Waals surface area (Å²) in [5.74, 6) is 1.34. The van der Waals surface area contributed by atoms with E-state index in [-0.39, 0.29) is 12.6 Å². The molecule has 2 aliphatic heterocycles. The molecule has 0 radical (unpaired) electrons. The van der Waals surface area contributed by atoms with Crippen LogP contribution in [-0.4, -0.2) is 23.6 Å². The van der Waals surface area contributed by atoms with Gasteiger partial charge in [0.1, 0.15) is 12.4 Å². The maximum atomic E-state index is 14.3. The van der Waals surface area contributed by atoms with Gasteiger partial charge in [0, 0.05) is 17.0 Å². The summed E-state index contributed by atoms with van der Waals surface area (Å²) in [5.41, 5.74) is 4.98. The van der Waals surface area contributed by atoms with Crippen molar-refractivity contribution in [2.45, 2.75) is 13.0 Å². The molecule has 2 aliphatic rings. The van der Waals surface area contributed by atoms with E-state index in [4.69, 9.17) is 21.1 Å². The molecular weight excluding hydrogens is 377 g/mol. The number of hydrogen-bond acceptors (Lipinski definition) is 2. The van der Waals surface area contributed by atoms with Crippen molar-refractivity contribution < 1.29 is 18.4 Å². The average Bonchev–Trinajstić information content (AvgIpc) is 3.15. The molecule has 0 unspecified atom stereocenters. The first kappa shape index (κ1) is 17.3. The average molecular weight is 395 g/mol. The molecular formula is C23H18ClFNO2+. The van der Waals surface area contributed by atoms with Crippen molar-refractivity contribution in [3.8, 4) is 11.5 Å². The van der Waals surface area contributed by atoms with Gasteiger partial charge in [-0.15, -0.1) is 0 Å². The molecule has 0 aliphatic carbocycles. The number of fused-ring (bicyclic) bond motifs is 2. The van der Waals surface area contributed by atoms with Gasteiger partial charge in [0.2, 0.25) is 12.5 Å². The Hall–Kier alpha value is -2.85. The third-order valence-corrected chi connectivity index (χ3v) is 5.47. The monoisotopic (exact) mass is 394 g/mol. The van der Waals surface area contributed by atoms with Crippen molar-refractivity contribution in [3.05, 3.63) is 93.8 Å². The minimum Gasteiger partial charge on any atom is -0.454 e. The SMILES string of the molecule is Fc1ccccc1C[N+]1=C(c2cccc(Cl)c2)c2cc3c(cc2CC1)OCO3. The molecule has 0 aromatic heterocycles. The molecule has 5 heteroatoms. The maximum Gasteiger partial charge on any atom is 0.231 e. The van der Waals surface area contributed by atoms with E-state index in [0.29, 0.717) is 17.1 Å². The molecule has 0 spiro atoms. The van der Waals surface area contributed by atoms with Crippen LogP contribution in [0.4, 0.5) is 4.39 Å². The Morgan fingerprint density at radius 2 is 1.79 bits per heavy atom. The lowest BCUT2D eigenvalue weighted by molar-refractivity contribution is -0.544. The minimum atomic E-state index is -0.190. The summed E-state index contributed by atoms with van der Waals surface area (Å²) >= 11 is 6.28. The fourth-order valence-corrected chi connectivity index (χ4v) is 4.10. The highest BCUT2D eigenvalue weighted by Gasteiger charge is 2.31. The minimum absolute atomic E-state index is 0.190. The highest BCUT2D eigenvalue weighted by atomic mass is 35.5. The third kappa shape index (κ3) is 3.04. The summed E-state index contributed by atoms with van der Waals surface area (Å²) in [6, 6.07) is 18.8. The van der Waals surface area contributed by atoms with Crippen molar-refractivity contribution in [3.63, 3.8) is 0 Å². The molecule has 3 nitrogen and oxygen atoms in total. The normalized spacial score (nSPS) is 14.9. The van der Waals surface area contributed by atoms with Crippen LogP contribution in [0.3, 0.4) is 0 Å². The highest BCUT2D eigenvalue weighted by Crippen LogP contribution is 2.37. The van der Waals surface area contributed by atoms with Crippen LogP contribution in [0.15, 0.2) is 60.7 Å². The molecule has 0 saturated heterocycles. The van der Waals surface area contributed by atoms with E-state index in [1.807, 2.05) is 42.5 Å². The molecule has 0 saturated carbocycles. The summed E-state index contributed by atoms with van der Waals surface area (Å²) in [7, 11) is 0. The Kier molecular flexibility index (Phi) is 4.29. The van der Waals surface area contributed by atoms with Crippen LogP contribution in [0.5, 0.6) is 11.5 Å². The van der Waals surface area contributed by atoms with E-state index in [1.165, 1.54) is 11.6 Å². The molecule has 0 fully saturated rings. The Balaban J connectivity index is 1.70. The van der Waals surface area contributed by atoms with Gasteiger partial charge in [0.25, 0.3) is 0 Å². The standard InChI is InChI=1S/C23H18ClFNO2/c24-18-6-3-5-16(10-18)23-19-12-22-21(27-14-28-22)11-15(19)8-9-26(23)13-17-4-1-2-7-20(17)25/h1-7,10-12H,8-9,13-14H2/q+1. The van der Waals surface area contributed by atoms with Crippen LogP contribution in [0, 0.1) is 5.82 Å². The fraction of sp³-hybridized carbons (Fsp3) is 0.174. The van der Waals surface area contributed by atoms with Crippen LogP contribution in [-0.2, 0) is 13.0 Å². The van der Waals surface area contributed by atoms with Crippen LogP contribution in [0.2, 0.25) is 5.02 Å². The van der Waals surface area contributed by atoms with E-state index < -0.39 is 0 Å². The molecule has 0 N–H and O–H groups in total. The second-order valence-corrected chi connectivity index (χ2v) is 7.42. The molecule has 2 heterocycles. The molecule has 5 rings (SSSR count). The van der Waals surface area contributed by atoms with Crippen LogP contribution < -0.4 is 9.47 Å². The first-order valence-electron chi connectivity index (χ1n) is 9.23. The van der Waals surface area contributed by atoms with E-state index >= 15 is 0 Å². The maximum absolute atomic E-state index is 14.3. The zero-order valence-electron chi connectivity index (χ0n) is 15.1. The molecule has 0 atom stereocenters. The molecule has 28 heavy (non-hydrogen) atoms. The predicted octanol–water partition coefficient (Wildman–Crippen LogP) is 4.81. The van der Waals surface area contributed by atoms with Gasteiger partial charge in [-0.05, 0) is 48.0 Å². The lowest BCUT2D eigenvalue weighted by Gasteiger charge is -2.20. The summed E-state index contributed by atoms with van der Waals surface area (Å²) in [6.07, 6.45) is 0.852. The molecule has 3 aromatic carbocycles. The molecule has 0 bridgehead atoms. The van der Waals surface area contributed by atoms with E-state index in [0.717, 1.165) is 41.3 Å². The van der Waals surface area contributed by atoms with Crippen molar-refractivity contribution in [1.29, 1.82) is 0 Å². The quantitative estimate of drug-likeness (QED) is 0.594. The number of hydrogen-bond donors (Lipinski definition) is 0. The van der Waals surface area contributed by atoms with Gasteiger partial charge in [0.05, 0.1) is 11.1 Å². The Labute approximate surface area is 167 Å². The molecule has 3 aromatic rings. The van der Waals surface area contributed by atoms with E-state index in [2.05, 4.69) is 10.6 Å². The van der Waals surface area contributed by atoms with E-state index in [9.17, 15) is 4.39 Å². The van der Waals surface area contributed by atoms with Crippen molar-refractivity contribution in [1.82, 2.24) is 0 Å². The van der Waals surface area contributed by atoms with Gasteiger partial charge in [-0.1, -0.05) is 29.8 Å². The second-order valence-electron chi connectivity index (χ2n) is 6.98. The van der Waals surface area contributed by atoms with Crippen molar-refractivity contribution in [2.24, 2.45) is 0 Å². The number of halogens is 2. The third-order valence-electron chi connectivity index (χ3n) is 5.24. The zero-order chi connectivity index (χ0) is 19.1. The Morgan fingerprint density at radius 1 is 0.964 bits per heavy atom. The number of ether oxygens (including phenoxy) is 2. The van der Waals surface area contributed by atoms with Gasteiger partial charge < -0.3 is 9.47 Å². The second kappa shape index (κ2) is 6.95. The van der Waals surface area contributed by atoms with E-state index in [1.54, 1.807) is 6.07 Å². The van der Waals surface area contributed by atoms with Gasteiger partial charge in [-0.3, -0.25) is 0 Å². The largest absolute Gasteiger partial charge is 0.454 e. The number of rotatable bonds is 3. The smallest absolute Gasteiger partial charge is 0.231 e. The summed E-state index contributed by atoms with van der Waals surface area (Å²) in [6.45, 7) is 1.51. The van der Waals surface area contributed by atoms with Gasteiger partial charge in [0.15, 0.2) is 18.0 Å². The molecule has 0 amide bonds. The predicted molar refractivity (Wildman–Crippen MR) is 106 cm³/mol. The first-order chi connectivity index (χ1) is 13.7. The number of nitrogens with zero attached hydrogens (tertiary/aromatic N) is 1. The Morgan fingerprint density at radius 3 is 2.61 bits per heavy atom. The molecule has 140 valence electrons. The number of benzene rings is 3. The van der Waals surface area contributed by atoms with Crippen molar-refractivity contribution >= 4 is 17.3 Å². The lowest BCUT2D eigenvalue weighted by Crippen LogP contribution is -2.31. The van der Waals surface area contributed by atoms with Gasteiger partial charge in [-0.25, -0.2) is 8.97 Å². The van der Waals surface area contributed by atoms with Crippen molar-refractivity contribution in [2.75, 3.05) is 13.3 Å².